The summed E-state index contributed by atoms with van der Waals surface area (Å²) in [5.74, 6) is 3.66. The van der Waals surface area contributed by atoms with Gasteiger partial charge in [0.2, 0.25) is 0 Å². The van der Waals surface area contributed by atoms with Crippen molar-refractivity contribution in [3.8, 4) is 39.8 Å². The van der Waals surface area contributed by atoms with Crippen molar-refractivity contribution in [1.29, 1.82) is 0 Å². The SMILES string of the molecule is CC#Cc1ccc(-c2ccc(OC(=O)CCCCCc3ccc(-c4ccc(F)c(F)c4)c(F)c3)cc2)cc1. The second kappa shape index (κ2) is 12.8. The second-order valence-corrected chi connectivity index (χ2v) is 8.95. The van der Waals surface area contributed by atoms with Crippen molar-refractivity contribution in [2.45, 2.75) is 39.0 Å². The fourth-order valence-electron chi connectivity index (χ4n) is 4.18. The molecule has 4 aromatic carbocycles. The van der Waals surface area contributed by atoms with Crippen LogP contribution >= 0.6 is 0 Å². The van der Waals surface area contributed by atoms with Crippen LogP contribution in [0.1, 0.15) is 43.7 Å². The third kappa shape index (κ3) is 7.14. The normalized spacial score (nSPS) is 10.5. The Morgan fingerprint density at radius 2 is 1.39 bits per heavy atom. The van der Waals surface area contributed by atoms with Gasteiger partial charge < -0.3 is 4.74 Å². The Bertz CT molecular complexity index is 1460. The molecule has 192 valence electrons. The summed E-state index contributed by atoms with van der Waals surface area (Å²) in [5, 5.41) is 0. The molecule has 0 N–H and O–H groups in total. The van der Waals surface area contributed by atoms with Crippen molar-refractivity contribution in [2.24, 2.45) is 0 Å². The fourth-order valence-corrected chi connectivity index (χ4v) is 4.18. The lowest BCUT2D eigenvalue weighted by molar-refractivity contribution is -0.134. The van der Waals surface area contributed by atoms with Gasteiger partial charge in [0.1, 0.15) is 11.6 Å². The number of unbranched alkanes of at least 4 members (excludes halogenated alkanes) is 2. The Hall–Kier alpha value is -4.30. The number of aryl methyl sites for hydroxylation is 1. The molecular weight excluding hydrogens is 485 g/mol. The molecule has 0 spiro atoms. The van der Waals surface area contributed by atoms with E-state index in [1.54, 1.807) is 31.2 Å². The van der Waals surface area contributed by atoms with Crippen LogP contribution in [0.15, 0.2) is 84.9 Å². The molecule has 0 aliphatic carbocycles. The van der Waals surface area contributed by atoms with Crippen molar-refractivity contribution in [1.82, 2.24) is 0 Å². The molecule has 5 heteroatoms. The Balaban J connectivity index is 1.20. The molecule has 38 heavy (non-hydrogen) atoms. The molecule has 0 saturated heterocycles. The molecule has 0 amide bonds. The molecule has 0 aliphatic rings. The van der Waals surface area contributed by atoms with Gasteiger partial charge in [-0.1, -0.05) is 54.8 Å². The summed E-state index contributed by atoms with van der Waals surface area (Å²) in [7, 11) is 0. The molecule has 0 fully saturated rings. The number of carbonyl (C=O) groups is 1. The van der Waals surface area contributed by atoms with Gasteiger partial charge in [-0.2, -0.15) is 0 Å². The van der Waals surface area contributed by atoms with Crippen LogP contribution in [0.25, 0.3) is 22.3 Å². The molecule has 0 aliphatic heterocycles. The Morgan fingerprint density at radius 1 is 0.711 bits per heavy atom. The van der Waals surface area contributed by atoms with E-state index in [1.165, 1.54) is 12.1 Å². The molecule has 0 unspecified atom stereocenters. The molecule has 0 saturated carbocycles. The molecule has 0 bridgehead atoms. The number of carbonyl (C=O) groups excluding carboxylic acids is 1. The van der Waals surface area contributed by atoms with E-state index in [2.05, 4.69) is 11.8 Å². The van der Waals surface area contributed by atoms with Gasteiger partial charge in [0.05, 0.1) is 0 Å². The van der Waals surface area contributed by atoms with Crippen LogP contribution in [0, 0.1) is 29.3 Å². The number of benzene rings is 4. The van der Waals surface area contributed by atoms with Crippen LogP contribution in [0.4, 0.5) is 13.2 Å². The van der Waals surface area contributed by atoms with Gasteiger partial charge in [-0.3, -0.25) is 4.79 Å². The molecule has 0 atom stereocenters. The number of halogens is 3. The maximum absolute atomic E-state index is 14.5. The van der Waals surface area contributed by atoms with Crippen molar-refractivity contribution in [2.75, 3.05) is 0 Å². The van der Waals surface area contributed by atoms with E-state index < -0.39 is 17.5 Å². The number of ether oxygens (including phenoxy) is 1. The zero-order valence-electron chi connectivity index (χ0n) is 21.1. The van der Waals surface area contributed by atoms with Crippen LogP contribution in [0.5, 0.6) is 5.75 Å². The van der Waals surface area contributed by atoms with Crippen molar-refractivity contribution in [3.63, 3.8) is 0 Å². The summed E-state index contributed by atoms with van der Waals surface area (Å²) < 4.78 is 46.6. The summed E-state index contributed by atoms with van der Waals surface area (Å²) in [5.41, 5.74) is 4.37. The monoisotopic (exact) mass is 512 g/mol. The average molecular weight is 513 g/mol. The number of esters is 1. The van der Waals surface area contributed by atoms with Crippen LogP contribution < -0.4 is 4.74 Å². The van der Waals surface area contributed by atoms with E-state index in [0.717, 1.165) is 47.2 Å². The molecule has 0 aromatic heterocycles. The molecule has 4 rings (SSSR count). The number of hydrogen-bond acceptors (Lipinski definition) is 2. The second-order valence-electron chi connectivity index (χ2n) is 8.95. The summed E-state index contributed by atoms with van der Waals surface area (Å²) in [6, 6.07) is 23.5. The fraction of sp³-hybridized carbons (Fsp3) is 0.182. The predicted molar refractivity (Wildman–Crippen MR) is 144 cm³/mol. The zero-order valence-corrected chi connectivity index (χ0v) is 21.1. The van der Waals surface area contributed by atoms with Crippen LogP contribution in [-0.2, 0) is 11.2 Å². The Morgan fingerprint density at radius 3 is 2.05 bits per heavy atom. The van der Waals surface area contributed by atoms with E-state index in [4.69, 9.17) is 4.74 Å². The maximum Gasteiger partial charge on any atom is 0.311 e. The van der Waals surface area contributed by atoms with Gasteiger partial charge in [-0.05, 0) is 90.9 Å². The lowest BCUT2D eigenvalue weighted by Crippen LogP contribution is -2.07. The summed E-state index contributed by atoms with van der Waals surface area (Å²) >= 11 is 0. The smallest absolute Gasteiger partial charge is 0.311 e. The predicted octanol–water partition coefficient (Wildman–Crippen LogP) is 8.52. The number of hydrogen-bond donors (Lipinski definition) is 0. The highest BCUT2D eigenvalue weighted by atomic mass is 19.2. The highest BCUT2D eigenvalue weighted by Gasteiger charge is 2.10. The largest absolute Gasteiger partial charge is 0.427 e. The first-order valence-corrected chi connectivity index (χ1v) is 12.5. The van der Waals surface area contributed by atoms with Crippen molar-refractivity contribution in [3.05, 3.63) is 114 Å². The van der Waals surface area contributed by atoms with E-state index >= 15 is 0 Å². The summed E-state index contributed by atoms with van der Waals surface area (Å²) in [6.07, 6.45) is 3.19. The first-order valence-electron chi connectivity index (χ1n) is 12.5. The Kier molecular flexibility index (Phi) is 9.00. The van der Waals surface area contributed by atoms with Crippen LogP contribution in [0.2, 0.25) is 0 Å². The third-order valence-electron chi connectivity index (χ3n) is 6.18. The quantitative estimate of drug-likeness (QED) is 0.0972. The van der Waals surface area contributed by atoms with E-state index in [1.807, 2.05) is 36.4 Å². The molecule has 4 aromatic rings. The maximum atomic E-state index is 14.5. The summed E-state index contributed by atoms with van der Waals surface area (Å²) in [6.45, 7) is 1.81. The minimum atomic E-state index is -1.01. The van der Waals surface area contributed by atoms with Crippen molar-refractivity contribution < 1.29 is 22.7 Å². The minimum Gasteiger partial charge on any atom is -0.427 e. The third-order valence-corrected chi connectivity index (χ3v) is 6.18. The van der Waals surface area contributed by atoms with Crippen molar-refractivity contribution >= 4 is 5.97 Å². The first kappa shape index (κ1) is 26.8. The summed E-state index contributed by atoms with van der Waals surface area (Å²) in [4.78, 5) is 12.2. The van der Waals surface area contributed by atoms with E-state index in [0.29, 0.717) is 25.0 Å². The molecule has 0 radical (unpaired) electrons. The minimum absolute atomic E-state index is 0.225. The van der Waals surface area contributed by atoms with Crippen LogP contribution in [0.3, 0.4) is 0 Å². The van der Waals surface area contributed by atoms with E-state index in [9.17, 15) is 18.0 Å². The highest BCUT2D eigenvalue weighted by molar-refractivity contribution is 5.73. The molecular formula is C33H27F3O2. The average Bonchev–Trinajstić information content (AvgIpc) is 2.91. The van der Waals surface area contributed by atoms with Gasteiger partial charge >= 0.3 is 5.97 Å². The van der Waals surface area contributed by atoms with E-state index in [-0.39, 0.29) is 17.1 Å². The van der Waals surface area contributed by atoms with Gasteiger partial charge in [-0.25, -0.2) is 13.2 Å². The van der Waals surface area contributed by atoms with Gasteiger partial charge in [0.15, 0.2) is 11.6 Å². The Labute approximate surface area is 221 Å². The molecule has 0 heterocycles. The van der Waals surface area contributed by atoms with Gasteiger partial charge in [-0.15, -0.1) is 5.92 Å². The lowest BCUT2D eigenvalue weighted by atomic mass is 10.00. The first-order chi connectivity index (χ1) is 18.4. The van der Waals surface area contributed by atoms with Crippen LogP contribution in [-0.4, -0.2) is 5.97 Å². The zero-order chi connectivity index (χ0) is 26.9. The highest BCUT2D eigenvalue weighted by Crippen LogP contribution is 2.26. The van der Waals surface area contributed by atoms with Gasteiger partial charge in [0, 0.05) is 17.5 Å². The lowest BCUT2D eigenvalue weighted by Gasteiger charge is -2.08. The standard InChI is InChI=1S/C33H27F3O2/c1-2-6-23-9-12-25(13-10-23)26-14-17-28(18-15-26)38-33(37)8-5-3-4-7-24-11-19-29(31(35)21-24)27-16-20-30(34)32(36)22-27/h9-22H,3-5,7-8H2,1H3. The topological polar surface area (TPSA) is 26.3 Å². The molecule has 2 nitrogen and oxygen atoms in total. The number of rotatable bonds is 9. The van der Waals surface area contributed by atoms with Gasteiger partial charge in [0.25, 0.3) is 0 Å².